The van der Waals surface area contributed by atoms with E-state index in [-0.39, 0.29) is 11.5 Å². The largest absolute Gasteiger partial charge is 0.469 e. The van der Waals surface area contributed by atoms with Crippen LogP contribution in [0.1, 0.15) is 32.0 Å². The van der Waals surface area contributed by atoms with Crippen molar-refractivity contribution in [3.8, 4) is 17.1 Å². The van der Waals surface area contributed by atoms with Gasteiger partial charge in [-0.25, -0.2) is 9.37 Å². The molecule has 3 heterocycles. The number of aryl methyl sites for hydroxylation is 1. The van der Waals surface area contributed by atoms with Crippen molar-refractivity contribution in [2.24, 2.45) is 0 Å². The van der Waals surface area contributed by atoms with Crippen LogP contribution in [0.5, 0.6) is 5.88 Å². The van der Waals surface area contributed by atoms with Crippen LogP contribution in [0.3, 0.4) is 0 Å². The first-order valence-electron chi connectivity index (χ1n) is 7.58. The van der Waals surface area contributed by atoms with Gasteiger partial charge >= 0.3 is 0 Å². The molecule has 23 heavy (non-hydrogen) atoms. The quantitative estimate of drug-likeness (QED) is 0.744. The average Bonchev–Trinajstić information content (AvgIpc) is 2.88. The SMILES string of the molecule is Cc1nnc2ccc(-c3cnc(OC4(C)CCC4)c(F)c3)nn12. The standard InChI is InChI=1S/C16H16FN5O/c1-10-19-20-14-5-4-13(21-22(10)14)11-8-12(17)15(18-9-11)23-16(2)6-3-7-16/h4-5,8-9H,3,6-7H2,1-2H3. The van der Waals surface area contributed by atoms with Crippen molar-refractivity contribution < 1.29 is 9.13 Å². The first kappa shape index (κ1) is 14.0. The maximum atomic E-state index is 14.3. The molecule has 0 amide bonds. The first-order chi connectivity index (χ1) is 11.0. The lowest BCUT2D eigenvalue weighted by atomic mass is 9.82. The van der Waals surface area contributed by atoms with Gasteiger partial charge in [0.15, 0.2) is 17.3 Å². The molecule has 0 saturated heterocycles. The lowest BCUT2D eigenvalue weighted by Gasteiger charge is -2.38. The third-order valence-electron chi connectivity index (χ3n) is 4.28. The predicted octanol–water partition coefficient (Wildman–Crippen LogP) is 2.96. The van der Waals surface area contributed by atoms with Gasteiger partial charge in [-0.2, -0.15) is 9.61 Å². The molecule has 6 nitrogen and oxygen atoms in total. The van der Waals surface area contributed by atoms with Gasteiger partial charge < -0.3 is 4.74 Å². The summed E-state index contributed by atoms with van der Waals surface area (Å²) >= 11 is 0. The van der Waals surface area contributed by atoms with Gasteiger partial charge in [0.05, 0.1) is 5.69 Å². The van der Waals surface area contributed by atoms with Crippen molar-refractivity contribution in [3.63, 3.8) is 0 Å². The van der Waals surface area contributed by atoms with E-state index in [0.717, 1.165) is 19.3 Å². The average molecular weight is 313 g/mol. The number of rotatable bonds is 3. The number of hydrogen-bond acceptors (Lipinski definition) is 5. The molecule has 0 spiro atoms. The maximum Gasteiger partial charge on any atom is 0.250 e. The monoisotopic (exact) mass is 313 g/mol. The van der Waals surface area contributed by atoms with E-state index in [1.54, 1.807) is 22.8 Å². The fraction of sp³-hybridized carbons (Fsp3) is 0.375. The van der Waals surface area contributed by atoms with E-state index < -0.39 is 5.82 Å². The second-order valence-corrected chi connectivity index (χ2v) is 6.15. The van der Waals surface area contributed by atoms with Crippen LogP contribution >= 0.6 is 0 Å². The zero-order valence-electron chi connectivity index (χ0n) is 13.0. The molecule has 118 valence electrons. The molecule has 7 heteroatoms. The number of halogens is 1. The summed E-state index contributed by atoms with van der Waals surface area (Å²) in [6.45, 7) is 3.79. The zero-order valence-corrected chi connectivity index (χ0v) is 13.0. The van der Waals surface area contributed by atoms with Gasteiger partial charge in [-0.05, 0) is 51.3 Å². The minimum atomic E-state index is -0.474. The van der Waals surface area contributed by atoms with E-state index in [2.05, 4.69) is 20.3 Å². The Kier molecular flexibility index (Phi) is 3.04. The Morgan fingerprint density at radius 2 is 2.09 bits per heavy atom. The summed E-state index contributed by atoms with van der Waals surface area (Å²) < 4.78 is 21.6. The smallest absolute Gasteiger partial charge is 0.250 e. The third-order valence-corrected chi connectivity index (χ3v) is 4.28. The van der Waals surface area contributed by atoms with E-state index in [9.17, 15) is 4.39 Å². The Bertz CT molecular complexity index is 887. The van der Waals surface area contributed by atoms with Crippen LogP contribution in [-0.4, -0.2) is 30.4 Å². The summed E-state index contributed by atoms with van der Waals surface area (Å²) in [5.74, 6) is 0.253. The van der Waals surface area contributed by atoms with Gasteiger partial charge in [-0.15, -0.1) is 10.2 Å². The van der Waals surface area contributed by atoms with Gasteiger partial charge in [0.2, 0.25) is 0 Å². The lowest BCUT2D eigenvalue weighted by Crippen LogP contribution is -2.40. The summed E-state index contributed by atoms with van der Waals surface area (Å²) in [6, 6.07) is 4.96. The summed E-state index contributed by atoms with van der Waals surface area (Å²) in [5, 5.41) is 12.4. The highest BCUT2D eigenvalue weighted by Crippen LogP contribution is 2.36. The van der Waals surface area contributed by atoms with Gasteiger partial charge in [-0.1, -0.05) is 0 Å². The lowest BCUT2D eigenvalue weighted by molar-refractivity contribution is 0.00366. The molecule has 1 fully saturated rings. The molecule has 3 aromatic heterocycles. The molecule has 1 saturated carbocycles. The van der Waals surface area contributed by atoms with Crippen LogP contribution in [-0.2, 0) is 0 Å². The Labute approximate surface area is 132 Å². The van der Waals surface area contributed by atoms with E-state index in [0.29, 0.717) is 22.7 Å². The molecule has 4 rings (SSSR count). The van der Waals surface area contributed by atoms with Crippen LogP contribution in [0.15, 0.2) is 24.4 Å². The van der Waals surface area contributed by atoms with Crippen molar-refractivity contribution in [3.05, 3.63) is 36.0 Å². The summed E-state index contributed by atoms with van der Waals surface area (Å²) in [5.41, 5.74) is 1.56. The molecule has 0 aliphatic heterocycles. The van der Waals surface area contributed by atoms with Crippen LogP contribution in [0, 0.1) is 12.7 Å². The van der Waals surface area contributed by atoms with Gasteiger partial charge in [0, 0.05) is 11.8 Å². The second-order valence-electron chi connectivity index (χ2n) is 6.15. The van der Waals surface area contributed by atoms with Gasteiger partial charge in [0.25, 0.3) is 5.88 Å². The minimum Gasteiger partial charge on any atom is -0.469 e. The van der Waals surface area contributed by atoms with Crippen molar-refractivity contribution in [1.29, 1.82) is 0 Å². The number of nitrogens with zero attached hydrogens (tertiary/aromatic N) is 5. The molecule has 0 radical (unpaired) electrons. The Morgan fingerprint density at radius 3 is 2.78 bits per heavy atom. The second kappa shape index (κ2) is 4.97. The zero-order chi connectivity index (χ0) is 16.0. The van der Waals surface area contributed by atoms with Gasteiger partial charge in [-0.3, -0.25) is 0 Å². The number of ether oxygens (including phenoxy) is 1. The molecular formula is C16H16FN5O. The molecule has 1 aliphatic carbocycles. The fourth-order valence-electron chi connectivity index (χ4n) is 2.70. The fourth-order valence-corrected chi connectivity index (χ4v) is 2.70. The summed E-state index contributed by atoms with van der Waals surface area (Å²) in [6.07, 6.45) is 4.55. The van der Waals surface area contributed by atoms with Crippen LogP contribution in [0.4, 0.5) is 4.39 Å². The highest BCUT2D eigenvalue weighted by atomic mass is 19.1. The minimum absolute atomic E-state index is 0.0532. The van der Waals surface area contributed by atoms with Crippen LogP contribution in [0.2, 0.25) is 0 Å². The summed E-state index contributed by atoms with van der Waals surface area (Å²) in [7, 11) is 0. The van der Waals surface area contributed by atoms with Crippen molar-refractivity contribution >= 4 is 5.65 Å². The molecular weight excluding hydrogens is 297 g/mol. The van der Waals surface area contributed by atoms with Crippen molar-refractivity contribution in [1.82, 2.24) is 24.8 Å². The number of fused-ring (bicyclic) bond motifs is 1. The Hall–Kier alpha value is -2.57. The van der Waals surface area contributed by atoms with Crippen molar-refractivity contribution in [2.45, 2.75) is 38.7 Å². The Balaban J connectivity index is 1.68. The van der Waals surface area contributed by atoms with E-state index in [1.807, 2.05) is 13.8 Å². The van der Waals surface area contributed by atoms with E-state index in [1.165, 1.54) is 6.07 Å². The molecule has 3 aromatic rings. The van der Waals surface area contributed by atoms with Gasteiger partial charge in [0.1, 0.15) is 5.60 Å². The number of aromatic nitrogens is 5. The molecule has 0 atom stereocenters. The molecule has 0 bridgehead atoms. The molecule has 0 N–H and O–H groups in total. The van der Waals surface area contributed by atoms with E-state index >= 15 is 0 Å². The van der Waals surface area contributed by atoms with Crippen molar-refractivity contribution in [2.75, 3.05) is 0 Å². The third kappa shape index (κ3) is 2.42. The van der Waals surface area contributed by atoms with Crippen LogP contribution in [0.25, 0.3) is 16.9 Å². The molecule has 1 aliphatic rings. The van der Waals surface area contributed by atoms with Crippen LogP contribution < -0.4 is 4.74 Å². The maximum absolute atomic E-state index is 14.3. The molecule has 0 aromatic carbocycles. The summed E-state index contributed by atoms with van der Waals surface area (Å²) in [4.78, 5) is 4.13. The molecule has 0 unspecified atom stereocenters. The highest BCUT2D eigenvalue weighted by Gasteiger charge is 2.35. The predicted molar refractivity (Wildman–Crippen MR) is 81.6 cm³/mol. The first-order valence-corrected chi connectivity index (χ1v) is 7.58. The number of hydrogen-bond donors (Lipinski definition) is 0. The normalized spacial score (nSPS) is 16.3. The van der Waals surface area contributed by atoms with E-state index in [4.69, 9.17) is 4.74 Å². The number of pyridine rings is 1. The topological polar surface area (TPSA) is 65.2 Å². The highest BCUT2D eigenvalue weighted by molar-refractivity contribution is 5.59. The Morgan fingerprint density at radius 1 is 1.26 bits per heavy atom.